The van der Waals surface area contributed by atoms with E-state index in [0.29, 0.717) is 25.4 Å². The van der Waals surface area contributed by atoms with E-state index in [0.717, 1.165) is 68.6 Å². The minimum Gasteiger partial charge on any atom is -0.490 e. The third kappa shape index (κ3) is 5.96. The number of rotatable bonds is 11. The first-order valence-corrected chi connectivity index (χ1v) is 13.2. The van der Waals surface area contributed by atoms with Gasteiger partial charge in [-0.25, -0.2) is 4.98 Å². The van der Waals surface area contributed by atoms with Crippen LogP contribution in [0.3, 0.4) is 0 Å². The first kappa shape index (κ1) is 24.1. The standard InChI is InChI=1S/C28H37N3O4/c32-28(33)26(24-11-1-2-12-25(24)35-22-9-5-10-22)31-17-15-23(19-31)34-18-4-3-8-21-14-13-20-7-6-16-29-27(20)30-21/h1-2,11-14,22-23,26H,3-10,15-19H2,(H,29,30)(H,32,33)/t23-,26-/m1/s1. The Balaban J connectivity index is 1.09. The van der Waals surface area contributed by atoms with Gasteiger partial charge in [0.2, 0.25) is 0 Å². The molecule has 1 saturated heterocycles. The summed E-state index contributed by atoms with van der Waals surface area (Å²) in [4.78, 5) is 19.1. The van der Waals surface area contributed by atoms with Gasteiger partial charge in [-0.1, -0.05) is 24.3 Å². The second kappa shape index (κ2) is 11.4. The van der Waals surface area contributed by atoms with Crippen LogP contribution in [0.1, 0.15) is 67.8 Å². The lowest BCUT2D eigenvalue weighted by atomic mass is 9.96. The highest BCUT2D eigenvalue weighted by atomic mass is 16.5. The van der Waals surface area contributed by atoms with Crippen molar-refractivity contribution >= 4 is 11.8 Å². The highest BCUT2D eigenvalue weighted by Gasteiger charge is 2.36. The Labute approximate surface area is 207 Å². The number of carbonyl (C=O) groups is 1. The topological polar surface area (TPSA) is 83.9 Å². The summed E-state index contributed by atoms with van der Waals surface area (Å²) in [5.41, 5.74) is 3.21. The summed E-state index contributed by atoms with van der Waals surface area (Å²) in [6.07, 6.45) is 9.67. The van der Waals surface area contributed by atoms with Gasteiger partial charge in [0, 0.05) is 37.5 Å². The largest absolute Gasteiger partial charge is 0.490 e. The molecule has 188 valence electrons. The van der Waals surface area contributed by atoms with E-state index in [4.69, 9.17) is 14.5 Å². The van der Waals surface area contributed by atoms with E-state index >= 15 is 0 Å². The maximum Gasteiger partial charge on any atom is 0.325 e. The highest BCUT2D eigenvalue weighted by Crippen LogP contribution is 2.35. The molecular weight excluding hydrogens is 442 g/mol. The van der Waals surface area contributed by atoms with E-state index < -0.39 is 12.0 Å². The van der Waals surface area contributed by atoms with Crippen LogP contribution in [0.5, 0.6) is 5.75 Å². The summed E-state index contributed by atoms with van der Waals surface area (Å²) >= 11 is 0. The lowest BCUT2D eigenvalue weighted by Gasteiger charge is -2.30. The van der Waals surface area contributed by atoms with Gasteiger partial charge in [0.15, 0.2) is 0 Å². The molecule has 2 N–H and O–H groups in total. The number of nitrogens with one attached hydrogen (secondary N) is 1. The molecule has 0 radical (unpaired) electrons. The molecule has 2 aliphatic heterocycles. The second-order valence-corrected chi connectivity index (χ2v) is 10.0. The van der Waals surface area contributed by atoms with Crippen molar-refractivity contribution in [2.45, 2.75) is 76.0 Å². The molecule has 2 fully saturated rings. The maximum atomic E-state index is 12.3. The van der Waals surface area contributed by atoms with Crippen LogP contribution in [0.2, 0.25) is 0 Å². The monoisotopic (exact) mass is 479 g/mol. The van der Waals surface area contributed by atoms with Gasteiger partial charge in [-0.2, -0.15) is 0 Å². The van der Waals surface area contributed by atoms with Gasteiger partial charge in [0.05, 0.1) is 12.2 Å². The van der Waals surface area contributed by atoms with Gasteiger partial charge in [-0.15, -0.1) is 0 Å². The van der Waals surface area contributed by atoms with Crippen LogP contribution >= 0.6 is 0 Å². The quantitative estimate of drug-likeness (QED) is 0.455. The zero-order valence-electron chi connectivity index (χ0n) is 20.5. The molecule has 5 rings (SSSR count). The number of likely N-dealkylation sites (tertiary alicyclic amines) is 1. The third-order valence-corrected chi connectivity index (χ3v) is 7.47. The van der Waals surface area contributed by atoms with Gasteiger partial charge >= 0.3 is 5.97 Å². The second-order valence-electron chi connectivity index (χ2n) is 10.0. The molecule has 7 nitrogen and oxygen atoms in total. The van der Waals surface area contributed by atoms with E-state index in [1.165, 1.54) is 18.4 Å². The number of unbranched alkanes of at least 4 members (excludes halogenated alkanes) is 1. The van der Waals surface area contributed by atoms with Crippen LogP contribution < -0.4 is 10.1 Å². The van der Waals surface area contributed by atoms with Gasteiger partial charge < -0.3 is 19.9 Å². The number of carboxylic acid groups (broad SMARTS) is 1. The Kier molecular flexibility index (Phi) is 7.84. The number of aliphatic carboxylic acids is 1. The first-order valence-electron chi connectivity index (χ1n) is 13.2. The Morgan fingerprint density at radius 3 is 2.83 bits per heavy atom. The number of aromatic nitrogens is 1. The van der Waals surface area contributed by atoms with Crippen molar-refractivity contribution in [3.8, 4) is 5.75 Å². The summed E-state index contributed by atoms with van der Waals surface area (Å²) in [5, 5.41) is 13.5. The summed E-state index contributed by atoms with van der Waals surface area (Å²) in [7, 11) is 0. The minimum absolute atomic E-state index is 0.0719. The maximum absolute atomic E-state index is 12.3. The summed E-state index contributed by atoms with van der Waals surface area (Å²) in [5.74, 6) is 0.936. The summed E-state index contributed by atoms with van der Waals surface area (Å²) < 4.78 is 12.3. The molecule has 0 unspecified atom stereocenters. The molecular formula is C28H37N3O4. The van der Waals surface area contributed by atoms with Crippen molar-refractivity contribution in [1.82, 2.24) is 9.88 Å². The molecule has 2 atom stereocenters. The number of aryl methyl sites for hydroxylation is 2. The average molecular weight is 480 g/mol. The molecule has 35 heavy (non-hydrogen) atoms. The molecule has 1 aliphatic carbocycles. The van der Waals surface area contributed by atoms with E-state index in [1.54, 1.807) is 0 Å². The number of fused-ring (bicyclic) bond motifs is 1. The Hall–Kier alpha value is -2.64. The predicted molar refractivity (Wildman–Crippen MR) is 135 cm³/mol. The smallest absolute Gasteiger partial charge is 0.325 e. The number of hydrogen-bond acceptors (Lipinski definition) is 6. The van der Waals surface area contributed by atoms with E-state index in [2.05, 4.69) is 17.4 Å². The molecule has 2 aromatic rings. The van der Waals surface area contributed by atoms with Crippen LogP contribution in [0.25, 0.3) is 0 Å². The van der Waals surface area contributed by atoms with Crippen molar-refractivity contribution in [2.24, 2.45) is 0 Å². The van der Waals surface area contributed by atoms with Crippen LogP contribution in [-0.2, 0) is 22.4 Å². The zero-order valence-corrected chi connectivity index (χ0v) is 20.5. The average Bonchev–Trinajstić information content (AvgIpc) is 3.30. The van der Waals surface area contributed by atoms with E-state index in [-0.39, 0.29) is 12.2 Å². The molecule has 1 saturated carbocycles. The van der Waals surface area contributed by atoms with Crippen molar-refractivity contribution in [3.63, 3.8) is 0 Å². The number of anilines is 1. The number of nitrogens with zero attached hydrogens (tertiary/aromatic N) is 2. The van der Waals surface area contributed by atoms with Gasteiger partial charge in [0.25, 0.3) is 0 Å². The molecule has 0 bridgehead atoms. The molecule has 0 spiro atoms. The Morgan fingerprint density at radius 2 is 2.00 bits per heavy atom. The lowest BCUT2D eigenvalue weighted by molar-refractivity contribution is -0.143. The number of carboxylic acids is 1. The molecule has 3 aliphatic rings. The van der Waals surface area contributed by atoms with Gasteiger partial charge in [-0.3, -0.25) is 9.69 Å². The van der Waals surface area contributed by atoms with Crippen LogP contribution in [0, 0.1) is 0 Å². The first-order chi connectivity index (χ1) is 17.2. The minimum atomic E-state index is -0.831. The fraction of sp³-hybridized carbons (Fsp3) is 0.571. The number of hydrogen-bond donors (Lipinski definition) is 2. The van der Waals surface area contributed by atoms with E-state index in [1.807, 2.05) is 29.2 Å². The SMILES string of the molecule is O=C(O)[C@@H](c1ccccc1OC1CCC1)N1CC[C@@H](OCCCCc2ccc3c(n2)NCCC3)C1. The summed E-state index contributed by atoms with van der Waals surface area (Å²) in [6.45, 7) is 3.05. The van der Waals surface area contributed by atoms with Crippen LogP contribution in [0.15, 0.2) is 36.4 Å². The molecule has 3 heterocycles. The Morgan fingerprint density at radius 1 is 1.11 bits per heavy atom. The normalized spacial score (nSPS) is 21.1. The van der Waals surface area contributed by atoms with Crippen molar-refractivity contribution < 1.29 is 19.4 Å². The lowest BCUT2D eigenvalue weighted by Crippen LogP contribution is -2.34. The van der Waals surface area contributed by atoms with E-state index in [9.17, 15) is 9.90 Å². The zero-order chi connectivity index (χ0) is 24.0. The van der Waals surface area contributed by atoms with Gasteiger partial charge in [-0.05, 0) is 75.5 Å². The summed E-state index contributed by atoms with van der Waals surface area (Å²) in [6, 6.07) is 11.3. The van der Waals surface area contributed by atoms with Crippen molar-refractivity contribution in [3.05, 3.63) is 53.2 Å². The third-order valence-electron chi connectivity index (χ3n) is 7.47. The fourth-order valence-corrected chi connectivity index (χ4v) is 5.26. The molecule has 0 amide bonds. The molecule has 1 aromatic heterocycles. The Bertz CT molecular complexity index is 1010. The molecule has 1 aromatic carbocycles. The fourth-order valence-electron chi connectivity index (χ4n) is 5.26. The van der Waals surface area contributed by atoms with Crippen LogP contribution in [0.4, 0.5) is 5.82 Å². The number of para-hydroxylation sites is 1. The number of ether oxygens (including phenoxy) is 2. The predicted octanol–water partition coefficient (Wildman–Crippen LogP) is 4.61. The number of benzene rings is 1. The van der Waals surface area contributed by atoms with Crippen molar-refractivity contribution in [2.75, 3.05) is 31.6 Å². The van der Waals surface area contributed by atoms with Gasteiger partial charge in [0.1, 0.15) is 17.6 Å². The van der Waals surface area contributed by atoms with Crippen LogP contribution in [-0.4, -0.2) is 59.4 Å². The molecule has 7 heteroatoms. The number of pyridine rings is 1. The highest BCUT2D eigenvalue weighted by molar-refractivity contribution is 5.76. The van der Waals surface area contributed by atoms with Crippen molar-refractivity contribution in [1.29, 1.82) is 0 Å².